The lowest BCUT2D eigenvalue weighted by molar-refractivity contribution is 1.23. The van der Waals surface area contributed by atoms with Crippen LogP contribution in [0.2, 0.25) is 10.3 Å². The zero-order valence-corrected chi connectivity index (χ0v) is 5.66. The topological polar surface area (TPSA) is 52.5 Å². The molecule has 0 aliphatic heterocycles. The van der Waals surface area contributed by atoms with Crippen molar-refractivity contribution in [2.75, 3.05) is 0 Å². The molecule has 0 amide bonds. The van der Waals surface area contributed by atoms with Crippen LogP contribution in [-0.4, -0.2) is 9.97 Å². The second kappa shape index (κ2) is 2.26. The summed E-state index contributed by atoms with van der Waals surface area (Å²) in [5.41, 5.74) is 0. The molecule has 1 heterocycles. The zero-order chi connectivity index (χ0) is 6.85. The number of halogens is 2. The highest BCUT2D eigenvalue weighted by Crippen LogP contribution is 2.16. The van der Waals surface area contributed by atoms with E-state index in [1.54, 1.807) is 6.07 Å². The number of aromatic amines is 1. The minimum absolute atomic E-state index is 0.130. The van der Waals surface area contributed by atoms with Crippen LogP contribution in [0.15, 0.2) is 0 Å². The number of rotatable bonds is 0. The first-order chi connectivity index (χ1) is 4.24. The standard InChI is InChI=1S/C4HCl2N3/c5-3-4(6)9-2(1-7)8-3/h(H,8,9). The summed E-state index contributed by atoms with van der Waals surface area (Å²) in [5, 5.41) is 8.55. The monoisotopic (exact) mass is 161 g/mol. The minimum Gasteiger partial charge on any atom is -0.319 e. The molecule has 0 fully saturated rings. The third-order valence-electron chi connectivity index (χ3n) is 0.725. The Kier molecular flexibility index (Phi) is 1.60. The zero-order valence-electron chi connectivity index (χ0n) is 4.15. The highest BCUT2D eigenvalue weighted by atomic mass is 35.5. The van der Waals surface area contributed by atoms with Gasteiger partial charge < -0.3 is 4.98 Å². The van der Waals surface area contributed by atoms with Gasteiger partial charge in [-0.3, -0.25) is 0 Å². The number of nitriles is 1. The Hall–Kier alpha value is -0.720. The molecule has 3 nitrogen and oxygen atoms in total. The Bertz CT molecular complexity index is 240. The maximum Gasteiger partial charge on any atom is 0.212 e. The Morgan fingerprint density at radius 1 is 1.56 bits per heavy atom. The molecule has 0 atom stereocenters. The summed E-state index contributed by atoms with van der Waals surface area (Å²) in [5.74, 6) is 0.130. The largest absolute Gasteiger partial charge is 0.319 e. The molecule has 9 heavy (non-hydrogen) atoms. The molecule has 0 saturated heterocycles. The Balaban J connectivity index is 3.16. The van der Waals surface area contributed by atoms with Crippen LogP contribution in [0.4, 0.5) is 0 Å². The lowest BCUT2D eigenvalue weighted by Crippen LogP contribution is -1.72. The molecule has 0 bridgehead atoms. The summed E-state index contributed by atoms with van der Waals surface area (Å²) in [6.45, 7) is 0. The number of nitrogens with one attached hydrogen (secondary N) is 1. The Labute approximate surface area is 61.2 Å². The Morgan fingerprint density at radius 3 is 2.44 bits per heavy atom. The number of hydrogen-bond acceptors (Lipinski definition) is 2. The SMILES string of the molecule is N#Cc1nc(Cl)c(Cl)[nH]1. The van der Waals surface area contributed by atoms with Crippen molar-refractivity contribution in [2.45, 2.75) is 0 Å². The van der Waals surface area contributed by atoms with Gasteiger partial charge in [0, 0.05) is 0 Å². The van der Waals surface area contributed by atoms with Crippen LogP contribution in [0.1, 0.15) is 5.82 Å². The molecule has 0 aliphatic carbocycles. The fourth-order valence-corrected chi connectivity index (χ4v) is 0.647. The van der Waals surface area contributed by atoms with Crippen molar-refractivity contribution < 1.29 is 0 Å². The second-order valence-electron chi connectivity index (χ2n) is 1.30. The number of H-pyrrole nitrogens is 1. The number of nitrogens with zero attached hydrogens (tertiary/aromatic N) is 2. The van der Waals surface area contributed by atoms with Crippen LogP contribution in [-0.2, 0) is 0 Å². The first kappa shape index (κ1) is 6.40. The summed E-state index contributed by atoms with van der Waals surface area (Å²) in [7, 11) is 0. The van der Waals surface area contributed by atoms with Gasteiger partial charge in [-0.1, -0.05) is 23.2 Å². The van der Waals surface area contributed by atoms with Gasteiger partial charge in [0.05, 0.1) is 0 Å². The van der Waals surface area contributed by atoms with Crippen molar-refractivity contribution in [3.8, 4) is 6.07 Å². The van der Waals surface area contributed by atoms with Crippen LogP contribution in [0, 0.1) is 11.3 Å². The molecule has 0 radical (unpaired) electrons. The fourth-order valence-electron chi connectivity index (χ4n) is 0.384. The maximum atomic E-state index is 8.21. The van der Waals surface area contributed by atoms with Gasteiger partial charge in [-0.2, -0.15) is 5.26 Å². The predicted molar refractivity (Wildman–Crippen MR) is 33.3 cm³/mol. The third kappa shape index (κ3) is 1.15. The predicted octanol–water partition coefficient (Wildman–Crippen LogP) is 1.59. The molecular weight excluding hydrogens is 161 g/mol. The molecule has 1 N–H and O–H groups in total. The molecule has 1 rings (SSSR count). The van der Waals surface area contributed by atoms with Gasteiger partial charge in [-0.15, -0.1) is 0 Å². The van der Waals surface area contributed by atoms with Crippen LogP contribution in [0.5, 0.6) is 0 Å². The average molecular weight is 162 g/mol. The van der Waals surface area contributed by atoms with Crippen LogP contribution in [0.25, 0.3) is 0 Å². The number of imidazole rings is 1. The molecular formula is C4HCl2N3. The summed E-state index contributed by atoms with van der Waals surface area (Å²) in [4.78, 5) is 6.00. The normalized spacial score (nSPS) is 9.00. The van der Waals surface area contributed by atoms with Crippen molar-refractivity contribution in [3.05, 3.63) is 16.1 Å². The van der Waals surface area contributed by atoms with Gasteiger partial charge in [0.25, 0.3) is 0 Å². The van der Waals surface area contributed by atoms with Crippen molar-refractivity contribution in [1.29, 1.82) is 5.26 Å². The maximum absolute atomic E-state index is 8.21. The first-order valence-electron chi connectivity index (χ1n) is 2.05. The molecule has 0 aromatic carbocycles. The second-order valence-corrected chi connectivity index (χ2v) is 2.04. The summed E-state index contributed by atoms with van der Waals surface area (Å²) in [6.07, 6.45) is 0. The number of aromatic nitrogens is 2. The minimum atomic E-state index is 0.130. The van der Waals surface area contributed by atoms with E-state index in [0.717, 1.165) is 0 Å². The highest BCUT2D eigenvalue weighted by molar-refractivity contribution is 6.40. The third-order valence-corrected chi connectivity index (χ3v) is 1.37. The van der Waals surface area contributed by atoms with Crippen molar-refractivity contribution in [1.82, 2.24) is 9.97 Å². The molecule has 0 saturated carbocycles. The lowest BCUT2D eigenvalue weighted by atomic mass is 10.7. The van der Waals surface area contributed by atoms with Crippen molar-refractivity contribution in [3.63, 3.8) is 0 Å². The molecule has 0 spiro atoms. The van der Waals surface area contributed by atoms with Crippen LogP contribution < -0.4 is 0 Å². The van der Waals surface area contributed by atoms with E-state index in [9.17, 15) is 0 Å². The summed E-state index contributed by atoms with van der Waals surface area (Å²) < 4.78 is 0. The Morgan fingerprint density at radius 2 is 2.22 bits per heavy atom. The van der Waals surface area contributed by atoms with Gasteiger partial charge in [0.1, 0.15) is 11.2 Å². The number of hydrogen-bond donors (Lipinski definition) is 1. The quantitative estimate of drug-likeness (QED) is 0.629. The van der Waals surface area contributed by atoms with E-state index in [1.807, 2.05) is 0 Å². The smallest absolute Gasteiger partial charge is 0.212 e. The van der Waals surface area contributed by atoms with E-state index >= 15 is 0 Å². The summed E-state index contributed by atoms with van der Waals surface area (Å²) in [6, 6.07) is 1.75. The highest BCUT2D eigenvalue weighted by Gasteiger charge is 2.02. The average Bonchev–Trinajstić information content (AvgIpc) is 2.13. The van der Waals surface area contributed by atoms with E-state index in [2.05, 4.69) is 9.97 Å². The fraction of sp³-hybridized carbons (Fsp3) is 0. The van der Waals surface area contributed by atoms with E-state index in [4.69, 9.17) is 28.5 Å². The van der Waals surface area contributed by atoms with Gasteiger partial charge in [0.15, 0.2) is 5.15 Å². The van der Waals surface area contributed by atoms with Gasteiger partial charge in [-0.25, -0.2) is 4.98 Å². The van der Waals surface area contributed by atoms with Gasteiger partial charge in [0.2, 0.25) is 5.82 Å². The van der Waals surface area contributed by atoms with Crippen molar-refractivity contribution in [2.24, 2.45) is 0 Å². The van der Waals surface area contributed by atoms with Gasteiger partial charge in [-0.05, 0) is 0 Å². The van der Waals surface area contributed by atoms with Crippen LogP contribution in [0.3, 0.4) is 0 Å². The summed E-state index contributed by atoms with van der Waals surface area (Å²) >= 11 is 10.8. The van der Waals surface area contributed by atoms with E-state index < -0.39 is 0 Å². The van der Waals surface area contributed by atoms with Gasteiger partial charge >= 0.3 is 0 Å². The molecule has 46 valence electrons. The van der Waals surface area contributed by atoms with E-state index in [1.165, 1.54) is 0 Å². The molecule has 1 aromatic rings. The molecule has 0 unspecified atom stereocenters. The van der Waals surface area contributed by atoms with Crippen LogP contribution >= 0.6 is 23.2 Å². The van der Waals surface area contributed by atoms with Crippen molar-refractivity contribution >= 4 is 23.2 Å². The molecule has 5 heteroatoms. The van der Waals surface area contributed by atoms with E-state index in [-0.39, 0.29) is 16.1 Å². The molecule has 0 aliphatic rings. The first-order valence-corrected chi connectivity index (χ1v) is 2.80. The molecule has 1 aromatic heterocycles. The lowest BCUT2D eigenvalue weighted by Gasteiger charge is -1.72. The van der Waals surface area contributed by atoms with E-state index in [0.29, 0.717) is 0 Å².